The first-order chi connectivity index (χ1) is 9.15. The number of unbranched alkanes of at least 4 members (excludes halogenated alkanes) is 1. The van der Waals surface area contributed by atoms with E-state index in [0.717, 1.165) is 12.1 Å². The number of methoxy groups -OCH3 is 1. The molecule has 1 rings (SSSR count). The van der Waals surface area contributed by atoms with E-state index < -0.39 is 6.09 Å². The highest BCUT2D eigenvalue weighted by Crippen LogP contribution is 2.11. The van der Waals surface area contributed by atoms with E-state index in [-0.39, 0.29) is 0 Å². The zero-order valence-electron chi connectivity index (χ0n) is 11.2. The van der Waals surface area contributed by atoms with Crippen molar-refractivity contribution in [1.29, 1.82) is 0 Å². The highest BCUT2D eigenvalue weighted by Gasteiger charge is 2.00. The first-order valence-electron chi connectivity index (χ1n) is 6.15. The molecule has 0 heterocycles. The van der Waals surface area contributed by atoms with Gasteiger partial charge in [-0.15, -0.1) is 0 Å². The van der Waals surface area contributed by atoms with E-state index in [4.69, 9.17) is 12.2 Å². The number of rotatable bonds is 4. The van der Waals surface area contributed by atoms with Gasteiger partial charge in [0, 0.05) is 5.69 Å². The van der Waals surface area contributed by atoms with E-state index in [1.807, 2.05) is 12.1 Å². The van der Waals surface area contributed by atoms with Gasteiger partial charge >= 0.3 is 6.09 Å². The lowest BCUT2D eigenvalue weighted by atomic mass is 10.1. The minimum Gasteiger partial charge on any atom is -0.452 e. The van der Waals surface area contributed by atoms with E-state index in [2.05, 4.69) is 40.0 Å². The Morgan fingerprint density at radius 2 is 1.95 bits per heavy atom. The number of ether oxygens (including phenoxy) is 1. The van der Waals surface area contributed by atoms with Gasteiger partial charge in [0.25, 0.3) is 0 Å². The molecule has 1 amide bonds. The van der Waals surface area contributed by atoms with Crippen molar-refractivity contribution < 1.29 is 9.53 Å². The highest BCUT2D eigenvalue weighted by atomic mass is 32.1. The number of thiocarbonyl (C=S) groups is 1. The molecule has 6 heteroatoms. The van der Waals surface area contributed by atoms with Crippen molar-refractivity contribution in [3.8, 4) is 0 Å². The van der Waals surface area contributed by atoms with Crippen LogP contribution in [0, 0.1) is 0 Å². The van der Waals surface area contributed by atoms with Crippen molar-refractivity contribution in [1.82, 2.24) is 10.9 Å². The second-order valence-corrected chi connectivity index (χ2v) is 4.40. The molecule has 3 N–H and O–H groups in total. The summed E-state index contributed by atoms with van der Waals surface area (Å²) >= 11 is 5.01. The van der Waals surface area contributed by atoms with E-state index in [0.29, 0.717) is 5.11 Å². The van der Waals surface area contributed by atoms with Gasteiger partial charge < -0.3 is 10.1 Å². The van der Waals surface area contributed by atoms with E-state index in [1.165, 1.54) is 25.5 Å². The quantitative estimate of drug-likeness (QED) is 0.585. The van der Waals surface area contributed by atoms with Crippen LogP contribution in [0.15, 0.2) is 24.3 Å². The Bertz CT molecular complexity index is 420. The molecule has 5 nitrogen and oxygen atoms in total. The van der Waals surface area contributed by atoms with Crippen LogP contribution in [0.25, 0.3) is 0 Å². The maximum atomic E-state index is 10.8. The summed E-state index contributed by atoms with van der Waals surface area (Å²) in [5.41, 5.74) is 6.97. The lowest BCUT2D eigenvalue weighted by molar-refractivity contribution is 0.169. The summed E-state index contributed by atoms with van der Waals surface area (Å²) in [5.74, 6) is 0. The molecule has 0 unspecified atom stereocenters. The number of hydrogen-bond donors (Lipinski definition) is 3. The first-order valence-corrected chi connectivity index (χ1v) is 6.56. The number of anilines is 1. The summed E-state index contributed by atoms with van der Waals surface area (Å²) < 4.78 is 4.40. The van der Waals surface area contributed by atoms with Crippen LogP contribution < -0.4 is 16.2 Å². The molecule has 0 saturated heterocycles. The van der Waals surface area contributed by atoms with Gasteiger partial charge in [-0.25, -0.2) is 10.2 Å². The molecule has 0 atom stereocenters. The lowest BCUT2D eigenvalue weighted by Gasteiger charge is -2.11. The van der Waals surface area contributed by atoms with Gasteiger partial charge in [0.1, 0.15) is 0 Å². The van der Waals surface area contributed by atoms with Gasteiger partial charge in [-0.3, -0.25) is 5.43 Å². The molecule has 0 saturated carbocycles. The van der Waals surface area contributed by atoms with E-state index in [9.17, 15) is 4.79 Å². The van der Waals surface area contributed by atoms with Crippen LogP contribution >= 0.6 is 12.2 Å². The number of aryl methyl sites for hydroxylation is 1. The molecule has 19 heavy (non-hydrogen) atoms. The number of nitrogens with one attached hydrogen (secondary N) is 3. The van der Waals surface area contributed by atoms with Crippen LogP contribution in [-0.4, -0.2) is 18.3 Å². The van der Waals surface area contributed by atoms with Crippen LogP contribution in [0.4, 0.5) is 10.5 Å². The molecule has 1 aromatic rings. The summed E-state index contributed by atoms with van der Waals surface area (Å²) in [7, 11) is 1.28. The van der Waals surface area contributed by atoms with E-state index >= 15 is 0 Å². The third-order valence-corrected chi connectivity index (χ3v) is 2.70. The minimum absolute atomic E-state index is 0.298. The van der Waals surface area contributed by atoms with Gasteiger partial charge in [-0.1, -0.05) is 25.5 Å². The largest absolute Gasteiger partial charge is 0.452 e. The van der Waals surface area contributed by atoms with Gasteiger partial charge in [0.15, 0.2) is 5.11 Å². The second kappa shape index (κ2) is 8.31. The average Bonchev–Trinajstić information content (AvgIpc) is 2.44. The number of benzene rings is 1. The normalized spacial score (nSPS) is 9.58. The maximum absolute atomic E-state index is 10.8. The van der Waals surface area contributed by atoms with Crippen molar-refractivity contribution in [3.05, 3.63) is 29.8 Å². The van der Waals surface area contributed by atoms with Crippen LogP contribution in [-0.2, 0) is 11.2 Å². The van der Waals surface area contributed by atoms with Crippen molar-refractivity contribution in [2.45, 2.75) is 26.2 Å². The Labute approximate surface area is 118 Å². The molecule has 0 aliphatic rings. The number of carbonyl (C=O) groups excluding carboxylic acids is 1. The molecule has 0 aliphatic carbocycles. The molecule has 104 valence electrons. The van der Waals surface area contributed by atoms with Crippen LogP contribution in [0.2, 0.25) is 0 Å². The predicted molar refractivity (Wildman–Crippen MR) is 80.0 cm³/mol. The standard InChI is InChI=1S/C13H19N3O2S/c1-3-4-5-10-6-8-11(9-7-10)14-12(19)15-16-13(17)18-2/h6-9H,3-5H2,1-2H3,(H,16,17)(H2,14,15,19). The second-order valence-electron chi connectivity index (χ2n) is 4.00. The van der Waals surface area contributed by atoms with E-state index in [1.54, 1.807) is 0 Å². The fourth-order valence-electron chi connectivity index (χ4n) is 1.46. The molecule has 0 radical (unpaired) electrons. The molecular weight excluding hydrogens is 262 g/mol. The highest BCUT2D eigenvalue weighted by molar-refractivity contribution is 7.80. The Morgan fingerprint density at radius 1 is 1.26 bits per heavy atom. The zero-order chi connectivity index (χ0) is 14.1. The molecular formula is C13H19N3O2S. The van der Waals surface area contributed by atoms with Crippen molar-refractivity contribution in [2.24, 2.45) is 0 Å². The molecule has 0 aromatic heterocycles. The average molecular weight is 281 g/mol. The number of hydrazine groups is 1. The predicted octanol–water partition coefficient (Wildman–Crippen LogP) is 2.59. The Balaban J connectivity index is 2.40. The first kappa shape index (κ1) is 15.2. The van der Waals surface area contributed by atoms with Crippen molar-refractivity contribution in [2.75, 3.05) is 12.4 Å². The number of amides is 1. The Kier molecular flexibility index (Phi) is 6.67. The summed E-state index contributed by atoms with van der Waals surface area (Å²) in [6, 6.07) is 8.04. The summed E-state index contributed by atoms with van der Waals surface area (Å²) in [4.78, 5) is 10.8. The van der Waals surface area contributed by atoms with Crippen molar-refractivity contribution in [3.63, 3.8) is 0 Å². The van der Waals surface area contributed by atoms with Crippen LogP contribution in [0.5, 0.6) is 0 Å². The summed E-state index contributed by atoms with van der Waals surface area (Å²) in [5, 5.41) is 3.25. The fourth-order valence-corrected chi connectivity index (χ4v) is 1.63. The summed E-state index contributed by atoms with van der Waals surface area (Å²) in [6.45, 7) is 2.17. The number of hydrogen-bond acceptors (Lipinski definition) is 3. The lowest BCUT2D eigenvalue weighted by Crippen LogP contribution is -2.43. The maximum Gasteiger partial charge on any atom is 0.425 e. The topological polar surface area (TPSA) is 62.4 Å². The third-order valence-electron chi connectivity index (χ3n) is 2.49. The van der Waals surface area contributed by atoms with Gasteiger partial charge in [-0.05, 0) is 42.8 Å². The SMILES string of the molecule is CCCCc1ccc(NC(=S)NNC(=O)OC)cc1. The fraction of sp³-hybridized carbons (Fsp3) is 0.385. The zero-order valence-corrected chi connectivity index (χ0v) is 12.0. The molecule has 0 bridgehead atoms. The van der Waals surface area contributed by atoms with Gasteiger partial charge in [-0.2, -0.15) is 0 Å². The third kappa shape index (κ3) is 6.05. The summed E-state index contributed by atoms with van der Waals surface area (Å²) in [6.07, 6.45) is 2.87. The molecule has 0 aliphatic heterocycles. The number of carbonyl (C=O) groups is 1. The van der Waals surface area contributed by atoms with Crippen molar-refractivity contribution >= 4 is 29.1 Å². The molecule has 1 aromatic carbocycles. The van der Waals surface area contributed by atoms with Crippen LogP contribution in [0.1, 0.15) is 25.3 Å². The van der Waals surface area contributed by atoms with Gasteiger partial charge in [0.05, 0.1) is 7.11 Å². The van der Waals surface area contributed by atoms with Crippen LogP contribution in [0.3, 0.4) is 0 Å². The van der Waals surface area contributed by atoms with Gasteiger partial charge in [0.2, 0.25) is 0 Å². The molecule has 0 fully saturated rings. The monoisotopic (exact) mass is 281 g/mol. The molecule has 0 spiro atoms. The smallest absolute Gasteiger partial charge is 0.425 e. The Hall–Kier alpha value is -1.82. The Morgan fingerprint density at radius 3 is 2.53 bits per heavy atom. The minimum atomic E-state index is -0.598.